The highest BCUT2D eigenvalue weighted by molar-refractivity contribution is 9.10. The Hall–Kier alpha value is -2.45. The van der Waals surface area contributed by atoms with Crippen molar-refractivity contribution in [3.63, 3.8) is 0 Å². The van der Waals surface area contributed by atoms with E-state index in [0.717, 1.165) is 10.2 Å². The summed E-state index contributed by atoms with van der Waals surface area (Å²) in [7, 11) is 1.74. The number of aromatic nitrogens is 3. The van der Waals surface area contributed by atoms with Gasteiger partial charge in [-0.1, -0.05) is 18.2 Å². The number of carbonyl (C=O) groups excluding carboxylic acids is 1. The van der Waals surface area contributed by atoms with Gasteiger partial charge in [-0.05, 0) is 34.1 Å². The van der Waals surface area contributed by atoms with E-state index in [9.17, 15) is 9.59 Å². The number of nitrogens with zero attached hydrogens (tertiary/aromatic N) is 4. The van der Waals surface area contributed by atoms with Gasteiger partial charge in [-0.25, -0.2) is 14.3 Å². The Morgan fingerprint density at radius 3 is 2.81 bits per heavy atom. The largest absolute Gasteiger partial charge is 0.369 e. The number of pyridine rings is 1. The van der Waals surface area contributed by atoms with Crippen molar-refractivity contribution in [3.05, 3.63) is 57.6 Å². The lowest BCUT2D eigenvalue weighted by Gasteiger charge is -2.32. The molecule has 1 aliphatic rings. The number of halogens is 1. The van der Waals surface area contributed by atoms with Crippen LogP contribution in [0.5, 0.6) is 0 Å². The summed E-state index contributed by atoms with van der Waals surface area (Å²) in [6, 6.07) is 11.1. The van der Waals surface area contributed by atoms with Crippen LogP contribution in [-0.4, -0.2) is 51.2 Å². The van der Waals surface area contributed by atoms with Crippen LogP contribution in [0.2, 0.25) is 0 Å². The number of ether oxygens (including phenoxy) is 1. The molecule has 1 fully saturated rings. The monoisotopic (exact) mass is 416 g/mol. The van der Waals surface area contributed by atoms with E-state index >= 15 is 0 Å². The molecular weight excluding hydrogens is 400 g/mol. The Bertz CT molecular complexity index is 1030. The number of carbonyl (C=O) groups is 1. The molecule has 0 aliphatic carbocycles. The van der Waals surface area contributed by atoms with Gasteiger partial charge in [-0.3, -0.25) is 9.36 Å². The normalized spacial score (nSPS) is 17.8. The van der Waals surface area contributed by atoms with Crippen LogP contribution in [0.1, 0.15) is 0 Å². The predicted octanol–water partition coefficient (Wildman–Crippen LogP) is 1.81. The molecule has 2 aromatic heterocycles. The van der Waals surface area contributed by atoms with Crippen LogP contribution >= 0.6 is 15.9 Å². The molecule has 134 valence electrons. The highest BCUT2D eigenvalue weighted by Crippen LogP contribution is 2.20. The highest BCUT2D eigenvalue weighted by atomic mass is 79.9. The number of fused-ring (bicyclic) bond motifs is 1. The zero-order valence-electron chi connectivity index (χ0n) is 14.1. The number of likely N-dealkylation sites (N-methyl/N-ethyl adjacent to an activating group) is 1. The topological polar surface area (TPSA) is 69.4 Å². The molecular formula is C18H17BrN4O3. The highest BCUT2D eigenvalue weighted by Gasteiger charge is 2.28. The van der Waals surface area contributed by atoms with E-state index in [1.165, 1.54) is 0 Å². The van der Waals surface area contributed by atoms with Crippen molar-refractivity contribution in [2.45, 2.75) is 12.6 Å². The summed E-state index contributed by atoms with van der Waals surface area (Å²) in [6.45, 7) is 0.824. The van der Waals surface area contributed by atoms with Crippen LogP contribution in [0.15, 0.2) is 51.9 Å². The molecule has 1 aliphatic heterocycles. The number of hydrogen-bond donors (Lipinski definition) is 0. The summed E-state index contributed by atoms with van der Waals surface area (Å²) in [6.07, 6.45) is 1.67. The second-order valence-corrected chi connectivity index (χ2v) is 7.15. The summed E-state index contributed by atoms with van der Waals surface area (Å²) < 4.78 is 9.40. The van der Waals surface area contributed by atoms with E-state index in [1.54, 1.807) is 27.3 Å². The molecule has 8 heteroatoms. The summed E-state index contributed by atoms with van der Waals surface area (Å²) in [5.74, 6) is -0.0830. The van der Waals surface area contributed by atoms with Crippen molar-refractivity contribution in [2.24, 2.45) is 0 Å². The number of amides is 1. The summed E-state index contributed by atoms with van der Waals surface area (Å²) in [4.78, 5) is 31.2. The van der Waals surface area contributed by atoms with Crippen LogP contribution in [0, 0.1) is 0 Å². The van der Waals surface area contributed by atoms with Gasteiger partial charge in [0.15, 0.2) is 5.65 Å². The summed E-state index contributed by atoms with van der Waals surface area (Å²) in [5.41, 5.74) is 1.85. The fourth-order valence-electron chi connectivity index (χ4n) is 3.18. The maximum absolute atomic E-state index is 13.2. The Morgan fingerprint density at radius 2 is 2.04 bits per heavy atom. The van der Waals surface area contributed by atoms with Gasteiger partial charge in [-0.2, -0.15) is 0 Å². The smallest absolute Gasteiger partial charge is 0.335 e. The number of para-hydroxylation sites is 1. The fraction of sp³-hybridized carbons (Fsp3) is 0.278. The van der Waals surface area contributed by atoms with Gasteiger partial charge >= 0.3 is 5.69 Å². The van der Waals surface area contributed by atoms with Gasteiger partial charge in [0.1, 0.15) is 6.61 Å². The maximum Gasteiger partial charge on any atom is 0.335 e. The molecule has 0 radical (unpaired) electrons. The van der Waals surface area contributed by atoms with Gasteiger partial charge in [0.05, 0.1) is 30.4 Å². The predicted molar refractivity (Wildman–Crippen MR) is 100 cm³/mol. The Morgan fingerprint density at radius 1 is 1.27 bits per heavy atom. The molecule has 1 saturated heterocycles. The van der Waals surface area contributed by atoms with Crippen LogP contribution < -0.4 is 5.69 Å². The number of imidazole rings is 1. The SMILES string of the molecule is CN1C(=O)COC[C@@H]1Cn1c(=O)n(-c2ccccc2)c2ncc(Br)cc21. The number of rotatable bonds is 3. The quantitative estimate of drug-likeness (QED) is 0.652. The van der Waals surface area contributed by atoms with Gasteiger partial charge in [0.2, 0.25) is 5.91 Å². The second-order valence-electron chi connectivity index (χ2n) is 6.23. The van der Waals surface area contributed by atoms with Gasteiger partial charge in [0, 0.05) is 17.7 Å². The molecule has 4 rings (SSSR count). The molecule has 1 atom stereocenters. The van der Waals surface area contributed by atoms with Crippen molar-refractivity contribution in [2.75, 3.05) is 20.3 Å². The maximum atomic E-state index is 13.2. The van der Waals surface area contributed by atoms with Crippen molar-refractivity contribution >= 4 is 33.0 Å². The zero-order chi connectivity index (χ0) is 18.3. The first-order chi connectivity index (χ1) is 12.6. The standard InChI is InChI=1S/C18H17BrN4O3/c1-21-14(10-26-11-16(21)24)9-22-15-7-12(19)8-20-17(15)23(18(22)25)13-5-3-2-4-6-13/h2-8,14H,9-11H2,1H3/t14-/m0/s1. The third kappa shape index (κ3) is 2.85. The molecule has 3 heterocycles. The number of morpholine rings is 1. The molecule has 1 amide bonds. The molecule has 3 aromatic rings. The van der Waals surface area contributed by atoms with Crippen LogP contribution in [0.25, 0.3) is 16.9 Å². The molecule has 26 heavy (non-hydrogen) atoms. The van der Waals surface area contributed by atoms with E-state index < -0.39 is 0 Å². The number of hydrogen-bond acceptors (Lipinski definition) is 4. The van der Waals surface area contributed by atoms with E-state index in [4.69, 9.17) is 4.74 Å². The molecule has 0 spiro atoms. The minimum atomic E-state index is -0.206. The lowest BCUT2D eigenvalue weighted by Crippen LogP contribution is -2.49. The van der Waals surface area contributed by atoms with Crippen LogP contribution in [0.3, 0.4) is 0 Å². The Kier molecular flexibility index (Phi) is 4.37. The Balaban J connectivity index is 1.87. The third-order valence-electron chi connectivity index (χ3n) is 4.62. The molecule has 0 N–H and O–H groups in total. The average Bonchev–Trinajstić information content (AvgIpc) is 2.91. The minimum absolute atomic E-state index is 0.0830. The molecule has 0 bridgehead atoms. The van der Waals surface area contributed by atoms with E-state index in [-0.39, 0.29) is 24.2 Å². The van der Waals surface area contributed by atoms with Crippen LogP contribution in [0.4, 0.5) is 0 Å². The molecule has 7 nitrogen and oxygen atoms in total. The molecule has 1 aromatic carbocycles. The van der Waals surface area contributed by atoms with Gasteiger partial charge in [-0.15, -0.1) is 0 Å². The second kappa shape index (κ2) is 6.69. The van der Waals surface area contributed by atoms with Crippen LogP contribution in [-0.2, 0) is 16.1 Å². The first-order valence-electron chi connectivity index (χ1n) is 8.22. The van der Waals surface area contributed by atoms with Crippen molar-refractivity contribution in [3.8, 4) is 5.69 Å². The van der Waals surface area contributed by atoms with Gasteiger partial charge in [0.25, 0.3) is 0 Å². The molecule has 0 saturated carbocycles. The van der Waals surface area contributed by atoms with Crippen molar-refractivity contribution < 1.29 is 9.53 Å². The molecule has 0 unspecified atom stereocenters. The Labute approximate surface area is 157 Å². The first-order valence-corrected chi connectivity index (χ1v) is 9.01. The zero-order valence-corrected chi connectivity index (χ0v) is 15.7. The van der Waals surface area contributed by atoms with Gasteiger partial charge < -0.3 is 9.64 Å². The average molecular weight is 417 g/mol. The van der Waals surface area contributed by atoms with Crippen molar-refractivity contribution in [1.29, 1.82) is 0 Å². The third-order valence-corrected chi connectivity index (χ3v) is 5.06. The van der Waals surface area contributed by atoms with E-state index in [0.29, 0.717) is 24.3 Å². The summed E-state index contributed by atoms with van der Waals surface area (Å²) in [5, 5.41) is 0. The van der Waals surface area contributed by atoms with E-state index in [2.05, 4.69) is 20.9 Å². The van der Waals surface area contributed by atoms with Crippen molar-refractivity contribution in [1.82, 2.24) is 19.0 Å². The lowest BCUT2D eigenvalue weighted by atomic mass is 10.2. The first kappa shape index (κ1) is 17.0. The number of benzene rings is 1. The minimum Gasteiger partial charge on any atom is -0.369 e. The lowest BCUT2D eigenvalue weighted by molar-refractivity contribution is -0.146. The summed E-state index contributed by atoms with van der Waals surface area (Å²) >= 11 is 3.43. The fourth-order valence-corrected chi connectivity index (χ4v) is 3.50. The van der Waals surface area contributed by atoms with E-state index in [1.807, 2.05) is 36.4 Å².